The fourth-order valence-electron chi connectivity index (χ4n) is 3.06. The van der Waals surface area contributed by atoms with Gasteiger partial charge in [0.2, 0.25) is 10.0 Å². The number of rotatable bonds is 8. The van der Waals surface area contributed by atoms with Gasteiger partial charge in [-0.25, -0.2) is 28.2 Å². The Balaban J connectivity index is 1.65. The van der Waals surface area contributed by atoms with Crippen molar-refractivity contribution < 1.29 is 18.3 Å². The predicted molar refractivity (Wildman–Crippen MR) is 135 cm³/mol. The molecule has 0 atom stereocenters. The Bertz CT molecular complexity index is 1470. The van der Waals surface area contributed by atoms with Crippen LogP contribution in [0.2, 0.25) is 0 Å². The quantitative estimate of drug-likeness (QED) is 0.290. The SMILES string of the molecule is CC(C)c1ccc2c(Nc3cc(C(=O)O)sc3Sc3ccc(NS(C)(=O)=O)cc3)ncnc2n1. The summed E-state index contributed by atoms with van der Waals surface area (Å²) in [5.74, 6) is -0.242. The van der Waals surface area contributed by atoms with Crippen molar-refractivity contribution in [3.8, 4) is 0 Å². The third-order valence-corrected chi connectivity index (χ3v) is 7.58. The van der Waals surface area contributed by atoms with Crippen molar-refractivity contribution in [2.75, 3.05) is 16.3 Å². The van der Waals surface area contributed by atoms with Crippen LogP contribution in [-0.2, 0) is 10.0 Å². The molecule has 4 rings (SSSR count). The Morgan fingerprint density at radius 2 is 1.85 bits per heavy atom. The number of carboxylic acids is 1. The van der Waals surface area contributed by atoms with E-state index in [2.05, 4.69) is 38.8 Å². The van der Waals surface area contributed by atoms with E-state index < -0.39 is 16.0 Å². The Labute approximate surface area is 204 Å². The predicted octanol–water partition coefficient (Wildman–Crippen LogP) is 5.17. The highest BCUT2D eigenvalue weighted by molar-refractivity contribution is 8.01. The lowest BCUT2D eigenvalue weighted by Gasteiger charge is -2.10. The molecule has 0 unspecified atom stereocenters. The van der Waals surface area contributed by atoms with Crippen molar-refractivity contribution in [1.29, 1.82) is 0 Å². The van der Waals surface area contributed by atoms with E-state index in [1.165, 1.54) is 18.1 Å². The number of carbonyl (C=O) groups is 1. The van der Waals surface area contributed by atoms with Gasteiger partial charge in [-0.1, -0.05) is 25.6 Å². The third-order valence-electron chi connectivity index (χ3n) is 4.64. The molecular weight excluding hydrogens is 494 g/mol. The van der Waals surface area contributed by atoms with Crippen LogP contribution < -0.4 is 10.0 Å². The number of hydrogen-bond donors (Lipinski definition) is 3. The van der Waals surface area contributed by atoms with Crippen molar-refractivity contribution in [3.05, 3.63) is 59.4 Å². The maximum atomic E-state index is 11.6. The highest BCUT2D eigenvalue weighted by Gasteiger charge is 2.17. The van der Waals surface area contributed by atoms with Gasteiger partial charge in [-0.15, -0.1) is 11.3 Å². The van der Waals surface area contributed by atoms with E-state index in [1.807, 2.05) is 12.1 Å². The van der Waals surface area contributed by atoms with Crippen molar-refractivity contribution >= 4 is 67.3 Å². The smallest absolute Gasteiger partial charge is 0.345 e. The van der Waals surface area contributed by atoms with E-state index in [4.69, 9.17) is 0 Å². The van der Waals surface area contributed by atoms with E-state index in [0.717, 1.165) is 37.8 Å². The second-order valence-electron chi connectivity index (χ2n) is 7.73. The lowest BCUT2D eigenvalue weighted by molar-refractivity contribution is 0.0702. The molecule has 34 heavy (non-hydrogen) atoms. The van der Waals surface area contributed by atoms with Crippen molar-refractivity contribution in [2.45, 2.75) is 28.9 Å². The molecule has 4 aromatic rings. The number of aromatic carboxylic acids is 1. The summed E-state index contributed by atoms with van der Waals surface area (Å²) in [5, 5.41) is 13.5. The highest BCUT2D eigenvalue weighted by Crippen LogP contribution is 2.42. The molecule has 3 N–H and O–H groups in total. The molecule has 176 valence electrons. The number of carboxylic acid groups (broad SMARTS) is 1. The molecule has 3 heterocycles. The van der Waals surface area contributed by atoms with Crippen LogP contribution in [0.25, 0.3) is 11.0 Å². The first kappa shape index (κ1) is 23.9. The molecular formula is C22H21N5O4S3. The average Bonchev–Trinajstić information content (AvgIpc) is 3.16. The van der Waals surface area contributed by atoms with Crippen LogP contribution >= 0.6 is 23.1 Å². The summed E-state index contributed by atoms with van der Waals surface area (Å²) in [7, 11) is -3.37. The lowest BCUT2D eigenvalue weighted by Crippen LogP contribution is -2.09. The first-order valence-corrected chi connectivity index (χ1v) is 13.6. The highest BCUT2D eigenvalue weighted by atomic mass is 32.2. The van der Waals surface area contributed by atoms with Gasteiger partial charge < -0.3 is 10.4 Å². The van der Waals surface area contributed by atoms with E-state index in [-0.39, 0.29) is 10.8 Å². The standard InChI is InChI=1S/C22H21N5O4S3/c1-12(2)16-9-8-15-19(25-16)23-11-24-20(15)26-17-10-18(21(28)29)33-22(17)32-14-6-4-13(5-7-14)27-34(3,30)31/h4-12,27H,1-3H3,(H,28,29)(H,23,24,25,26). The molecule has 0 bridgehead atoms. The molecule has 12 heteroatoms. The monoisotopic (exact) mass is 515 g/mol. The number of nitrogens with zero attached hydrogens (tertiary/aromatic N) is 3. The zero-order valence-electron chi connectivity index (χ0n) is 18.4. The first-order valence-electron chi connectivity index (χ1n) is 10.1. The number of sulfonamides is 1. The normalized spacial score (nSPS) is 11.6. The van der Waals surface area contributed by atoms with Crippen molar-refractivity contribution in [2.24, 2.45) is 0 Å². The molecule has 0 saturated heterocycles. The van der Waals surface area contributed by atoms with Crippen LogP contribution in [0, 0.1) is 0 Å². The van der Waals surface area contributed by atoms with Gasteiger partial charge in [0.15, 0.2) is 5.65 Å². The zero-order chi connectivity index (χ0) is 24.5. The number of pyridine rings is 1. The average molecular weight is 516 g/mol. The summed E-state index contributed by atoms with van der Waals surface area (Å²) in [6, 6.07) is 12.2. The van der Waals surface area contributed by atoms with E-state index in [9.17, 15) is 18.3 Å². The zero-order valence-corrected chi connectivity index (χ0v) is 20.9. The van der Waals surface area contributed by atoms with Gasteiger partial charge in [-0.3, -0.25) is 4.72 Å². The van der Waals surface area contributed by atoms with Gasteiger partial charge in [-0.05, 0) is 48.4 Å². The number of benzene rings is 1. The van der Waals surface area contributed by atoms with E-state index in [0.29, 0.717) is 22.8 Å². The van der Waals surface area contributed by atoms with Gasteiger partial charge in [-0.2, -0.15) is 0 Å². The van der Waals surface area contributed by atoms with Crippen LogP contribution in [0.4, 0.5) is 17.2 Å². The topological polar surface area (TPSA) is 134 Å². The molecule has 3 aromatic heterocycles. The summed E-state index contributed by atoms with van der Waals surface area (Å²) in [6.45, 7) is 4.11. The minimum absolute atomic E-state index is 0.180. The number of anilines is 3. The Kier molecular flexibility index (Phi) is 6.73. The van der Waals surface area contributed by atoms with E-state index >= 15 is 0 Å². The van der Waals surface area contributed by atoms with Crippen LogP contribution in [0.1, 0.15) is 35.1 Å². The molecule has 0 fully saturated rings. The molecule has 0 spiro atoms. The Morgan fingerprint density at radius 1 is 1.12 bits per heavy atom. The second kappa shape index (κ2) is 9.57. The number of hydrogen-bond acceptors (Lipinski definition) is 9. The van der Waals surface area contributed by atoms with Gasteiger partial charge >= 0.3 is 5.97 Å². The fraction of sp³-hybridized carbons (Fsp3) is 0.182. The molecule has 0 aliphatic carbocycles. The van der Waals surface area contributed by atoms with Crippen LogP contribution in [0.15, 0.2) is 57.9 Å². The number of fused-ring (bicyclic) bond motifs is 1. The van der Waals surface area contributed by atoms with Crippen LogP contribution in [-0.4, -0.2) is 40.7 Å². The molecule has 0 aliphatic rings. The maximum absolute atomic E-state index is 11.6. The minimum atomic E-state index is -3.37. The largest absolute Gasteiger partial charge is 0.477 e. The van der Waals surface area contributed by atoms with E-state index in [1.54, 1.807) is 30.3 Å². The van der Waals surface area contributed by atoms with Gasteiger partial charge in [0.25, 0.3) is 0 Å². The first-order chi connectivity index (χ1) is 16.1. The fourth-order valence-corrected chi connectivity index (χ4v) is 5.74. The van der Waals surface area contributed by atoms with Gasteiger partial charge in [0.05, 0.1) is 21.5 Å². The van der Waals surface area contributed by atoms with Crippen molar-refractivity contribution in [1.82, 2.24) is 15.0 Å². The number of nitrogens with one attached hydrogen (secondary N) is 2. The number of aromatic nitrogens is 3. The van der Waals surface area contributed by atoms with Gasteiger partial charge in [0, 0.05) is 16.3 Å². The molecule has 0 amide bonds. The molecule has 0 radical (unpaired) electrons. The Hall–Kier alpha value is -3.22. The number of thiophene rings is 1. The summed E-state index contributed by atoms with van der Waals surface area (Å²) in [6.07, 6.45) is 2.51. The molecule has 9 nitrogen and oxygen atoms in total. The summed E-state index contributed by atoms with van der Waals surface area (Å²) in [4.78, 5) is 25.8. The summed E-state index contributed by atoms with van der Waals surface area (Å²) >= 11 is 2.50. The van der Waals surface area contributed by atoms with Gasteiger partial charge in [0.1, 0.15) is 17.0 Å². The minimum Gasteiger partial charge on any atom is -0.477 e. The van der Waals surface area contributed by atoms with Crippen LogP contribution in [0.5, 0.6) is 0 Å². The summed E-state index contributed by atoms with van der Waals surface area (Å²) in [5.41, 5.74) is 2.52. The van der Waals surface area contributed by atoms with Crippen LogP contribution in [0.3, 0.4) is 0 Å². The van der Waals surface area contributed by atoms with Crippen molar-refractivity contribution in [3.63, 3.8) is 0 Å². The molecule has 0 saturated carbocycles. The third kappa shape index (κ3) is 5.64. The summed E-state index contributed by atoms with van der Waals surface area (Å²) < 4.78 is 26.0. The maximum Gasteiger partial charge on any atom is 0.345 e. The lowest BCUT2D eigenvalue weighted by atomic mass is 10.1. The second-order valence-corrected chi connectivity index (χ2v) is 11.9. The molecule has 0 aliphatic heterocycles. The Morgan fingerprint density at radius 3 is 2.50 bits per heavy atom. The molecule has 1 aromatic carbocycles.